The first-order chi connectivity index (χ1) is 11.7. The van der Waals surface area contributed by atoms with Gasteiger partial charge in [0.05, 0.1) is 11.0 Å². The molecule has 0 bridgehead atoms. The highest BCUT2D eigenvalue weighted by Gasteiger charge is 2.14. The van der Waals surface area contributed by atoms with Gasteiger partial charge in [0.15, 0.2) is 0 Å². The van der Waals surface area contributed by atoms with Crippen molar-refractivity contribution in [2.24, 2.45) is 5.11 Å². The number of fused-ring (bicyclic) bond motifs is 1. The minimum Gasteiger partial charge on any atom is -0.489 e. The predicted molar refractivity (Wildman–Crippen MR) is 90.2 cm³/mol. The van der Waals surface area contributed by atoms with E-state index < -0.39 is 4.92 Å². The normalized spacial score (nSPS) is 10.2. The Balaban J connectivity index is 1.81. The number of benzene rings is 3. The third-order valence-electron chi connectivity index (χ3n) is 3.52. The van der Waals surface area contributed by atoms with Crippen molar-refractivity contribution in [3.05, 3.63) is 86.8 Å². The molecule has 0 aliphatic rings. The van der Waals surface area contributed by atoms with Gasteiger partial charge in [-0.15, -0.1) is 0 Å². The van der Waals surface area contributed by atoms with Gasteiger partial charge in [-0.2, -0.15) is 0 Å². The molecule has 0 atom stereocenters. The molecule has 7 nitrogen and oxygen atoms in total. The highest BCUT2D eigenvalue weighted by atomic mass is 16.6. The van der Waals surface area contributed by atoms with E-state index in [1.165, 1.54) is 18.2 Å². The summed E-state index contributed by atoms with van der Waals surface area (Å²) < 4.78 is 5.63. The van der Waals surface area contributed by atoms with Crippen LogP contribution in [0.15, 0.2) is 65.8 Å². The number of rotatable bonds is 5. The zero-order chi connectivity index (χ0) is 16.9. The van der Waals surface area contributed by atoms with E-state index in [4.69, 9.17) is 10.3 Å². The second-order valence-electron chi connectivity index (χ2n) is 5.07. The third-order valence-corrected chi connectivity index (χ3v) is 3.52. The highest BCUT2D eigenvalue weighted by Crippen LogP contribution is 2.31. The van der Waals surface area contributed by atoms with Crippen molar-refractivity contribution in [2.75, 3.05) is 0 Å². The summed E-state index contributed by atoms with van der Waals surface area (Å²) in [6.07, 6.45) is 0. The standard InChI is InChI=1S/C17H12N4O3/c18-20-19-16-8-7-15(10-17(16)21(22)23)24-11-12-5-6-13-3-1-2-4-14(13)9-12/h1-10H,11H2. The second kappa shape index (κ2) is 6.68. The summed E-state index contributed by atoms with van der Waals surface area (Å²) in [6, 6.07) is 18.1. The van der Waals surface area contributed by atoms with E-state index in [1.807, 2.05) is 42.5 Å². The molecule has 0 saturated heterocycles. The van der Waals surface area contributed by atoms with Crippen LogP contribution in [-0.2, 0) is 6.61 Å². The molecule has 0 N–H and O–H groups in total. The lowest BCUT2D eigenvalue weighted by molar-refractivity contribution is -0.384. The zero-order valence-electron chi connectivity index (χ0n) is 12.5. The average molecular weight is 320 g/mol. The van der Waals surface area contributed by atoms with Crippen molar-refractivity contribution in [2.45, 2.75) is 6.61 Å². The van der Waals surface area contributed by atoms with Gasteiger partial charge in [0.2, 0.25) is 0 Å². The molecule has 24 heavy (non-hydrogen) atoms. The van der Waals surface area contributed by atoms with Crippen molar-refractivity contribution in [3.8, 4) is 5.75 Å². The fourth-order valence-electron chi connectivity index (χ4n) is 2.37. The van der Waals surface area contributed by atoms with Crippen LogP contribution in [0, 0.1) is 10.1 Å². The van der Waals surface area contributed by atoms with Gasteiger partial charge in [0, 0.05) is 4.91 Å². The van der Waals surface area contributed by atoms with Crippen LogP contribution in [-0.4, -0.2) is 4.92 Å². The number of nitrogens with zero attached hydrogens (tertiary/aromatic N) is 4. The van der Waals surface area contributed by atoms with Crippen LogP contribution in [0.25, 0.3) is 21.2 Å². The Morgan fingerprint density at radius 1 is 1.08 bits per heavy atom. The maximum atomic E-state index is 11.0. The SMILES string of the molecule is [N-]=[N+]=Nc1ccc(OCc2ccc3ccccc3c2)cc1[N+](=O)[O-]. The molecule has 0 aliphatic heterocycles. The molecule has 0 amide bonds. The lowest BCUT2D eigenvalue weighted by Crippen LogP contribution is -1.96. The smallest absolute Gasteiger partial charge is 0.282 e. The minimum absolute atomic E-state index is 0.0412. The Hall–Kier alpha value is -3.57. The first-order valence-corrected chi connectivity index (χ1v) is 7.11. The zero-order valence-corrected chi connectivity index (χ0v) is 12.5. The number of hydrogen-bond donors (Lipinski definition) is 0. The highest BCUT2D eigenvalue weighted by molar-refractivity contribution is 5.82. The second-order valence-corrected chi connectivity index (χ2v) is 5.07. The molecular weight excluding hydrogens is 308 g/mol. The van der Waals surface area contributed by atoms with E-state index in [0.29, 0.717) is 5.75 Å². The van der Waals surface area contributed by atoms with Crippen molar-refractivity contribution in [1.82, 2.24) is 0 Å². The third kappa shape index (κ3) is 3.26. The Kier molecular flexibility index (Phi) is 4.27. The van der Waals surface area contributed by atoms with Gasteiger partial charge < -0.3 is 4.74 Å². The van der Waals surface area contributed by atoms with Gasteiger partial charge in [-0.25, -0.2) is 0 Å². The van der Waals surface area contributed by atoms with E-state index in [9.17, 15) is 10.1 Å². The number of nitro benzene ring substituents is 1. The summed E-state index contributed by atoms with van der Waals surface area (Å²) in [5, 5.41) is 16.6. The number of azide groups is 1. The predicted octanol–water partition coefficient (Wildman–Crippen LogP) is 5.27. The van der Waals surface area contributed by atoms with Gasteiger partial charge in [0.1, 0.15) is 18.0 Å². The lowest BCUT2D eigenvalue weighted by Gasteiger charge is -2.08. The fraction of sp³-hybridized carbons (Fsp3) is 0.0588. The van der Waals surface area contributed by atoms with Gasteiger partial charge in [-0.05, 0) is 40.1 Å². The van der Waals surface area contributed by atoms with Crippen LogP contribution in [0.4, 0.5) is 11.4 Å². The molecule has 3 aromatic rings. The largest absolute Gasteiger partial charge is 0.489 e. The molecule has 0 aliphatic carbocycles. The summed E-state index contributed by atoms with van der Waals surface area (Å²) in [4.78, 5) is 13.0. The molecule has 0 saturated carbocycles. The van der Waals surface area contributed by atoms with Crippen LogP contribution < -0.4 is 4.74 Å². The molecule has 3 aromatic carbocycles. The van der Waals surface area contributed by atoms with Crippen molar-refractivity contribution in [3.63, 3.8) is 0 Å². The quantitative estimate of drug-likeness (QED) is 0.210. The average Bonchev–Trinajstić information content (AvgIpc) is 2.60. The Morgan fingerprint density at radius 2 is 1.88 bits per heavy atom. The summed E-state index contributed by atoms with van der Waals surface area (Å²) in [5.41, 5.74) is 9.06. The monoisotopic (exact) mass is 320 g/mol. The molecule has 0 heterocycles. The summed E-state index contributed by atoms with van der Waals surface area (Å²) in [7, 11) is 0. The lowest BCUT2D eigenvalue weighted by atomic mass is 10.1. The van der Waals surface area contributed by atoms with Gasteiger partial charge >= 0.3 is 0 Å². The Morgan fingerprint density at radius 3 is 2.62 bits per heavy atom. The topological polar surface area (TPSA) is 101 Å². The molecule has 0 radical (unpaired) electrons. The molecule has 0 spiro atoms. The number of hydrogen-bond acceptors (Lipinski definition) is 4. The van der Waals surface area contributed by atoms with Crippen LogP contribution in [0.5, 0.6) is 5.75 Å². The molecule has 118 valence electrons. The first kappa shape index (κ1) is 15.3. The van der Waals surface area contributed by atoms with Crippen molar-refractivity contribution >= 4 is 22.1 Å². The Bertz CT molecular complexity index is 965. The van der Waals surface area contributed by atoms with E-state index in [1.54, 1.807) is 0 Å². The number of ether oxygens (including phenoxy) is 1. The maximum absolute atomic E-state index is 11.0. The van der Waals surface area contributed by atoms with Crippen LogP contribution >= 0.6 is 0 Å². The molecular formula is C17H12N4O3. The summed E-state index contributed by atoms with van der Waals surface area (Å²) in [6.45, 7) is 0.281. The van der Waals surface area contributed by atoms with Crippen molar-refractivity contribution in [1.29, 1.82) is 0 Å². The number of nitro groups is 1. The summed E-state index contributed by atoms with van der Waals surface area (Å²) >= 11 is 0. The molecule has 0 unspecified atom stereocenters. The maximum Gasteiger partial charge on any atom is 0.282 e. The van der Waals surface area contributed by atoms with Gasteiger partial charge in [-0.1, -0.05) is 41.5 Å². The summed E-state index contributed by atoms with van der Waals surface area (Å²) in [5.74, 6) is 0.340. The fourth-order valence-corrected chi connectivity index (χ4v) is 2.37. The van der Waals surface area contributed by atoms with Crippen LogP contribution in [0.1, 0.15) is 5.56 Å². The van der Waals surface area contributed by atoms with E-state index in [2.05, 4.69) is 10.0 Å². The molecule has 3 rings (SSSR count). The van der Waals surface area contributed by atoms with Crippen molar-refractivity contribution < 1.29 is 9.66 Å². The molecule has 0 fully saturated rings. The van der Waals surface area contributed by atoms with Gasteiger partial charge in [-0.3, -0.25) is 10.1 Å². The minimum atomic E-state index is -0.604. The van der Waals surface area contributed by atoms with E-state index >= 15 is 0 Å². The van der Waals surface area contributed by atoms with Crippen LogP contribution in [0.2, 0.25) is 0 Å². The Labute approximate surface area is 136 Å². The van der Waals surface area contributed by atoms with E-state index in [0.717, 1.165) is 16.3 Å². The molecule has 0 aromatic heterocycles. The van der Waals surface area contributed by atoms with Gasteiger partial charge in [0.25, 0.3) is 5.69 Å². The van der Waals surface area contributed by atoms with Crippen LogP contribution in [0.3, 0.4) is 0 Å². The van der Waals surface area contributed by atoms with E-state index in [-0.39, 0.29) is 18.0 Å². The molecule has 7 heteroatoms. The first-order valence-electron chi connectivity index (χ1n) is 7.11.